The number of phenolic OH excluding ortho intramolecular Hbond substituents is 1. The van der Waals surface area contributed by atoms with Gasteiger partial charge in [-0.2, -0.15) is 0 Å². The maximum Gasteiger partial charge on any atom is 1.00 e. The van der Waals surface area contributed by atoms with Crippen molar-refractivity contribution in [1.82, 2.24) is 4.90 Å². The van der Waals surface area contributed by atoms with Crippen molar-refractivity contribution >= 4 is 23.3 Å². The van der Waals surface area contributed by atoms with Crippen LogP contribution in [0.3, 0.4) is 0 Å². The van der Waals surface area contributed by atoms with E-state index in [1.165, 1.54) is 31.4 Å². The summed E-state index contributed by atoms with van der Waals surface area (Å²) in [5.41, 5.74) is 2.73. The Balaban J connectivity index is 0.00000241. The molecule has 3 N–H and O–H groups in total. The van der Waals surface area contributed by atoms with Crippen LogP contribution in [0.1, 0.15) is 41.4 Å². The summed E-state index contributed by atoms with van der Waals surface area (Å²) in [5.74, 6) is -1.87. The van der Waals surface area contributed by atoms with Gasteiger partial charge in [0.1, 0.15) is 5.75 Å². The summed E-state index contributed by atoms with van der Waals surface area (Å²) < 4.78 is 0. The second-order valence-electron chi connectivity index (χ2n) is 8.91. The smallest absolute Gasteiger partial charge is 1.00 e. The number of amides is 1. The molecule has 1 aliphatic heterocycles. The summed E-state index contributed by atoms with van der Waals surface area (Å²) >= 11 is 0. The minimum absolute atomic E-state index is 0. The quantitative estimate of drug-likeness (QED) is 0.413. The molecule has 1 amide bonds. The molecule has 0 aliphatic carbocycles. The number of carbonyl (C=O) groups excluding carboxylic acids is 1. The van der Waals surface area contributed by atoms with Crippen LogP contribution in [0.5, 0.6) is 5.75 Å². The van der Waals surface area contributed by atoms with Crippen LogP contribution in [0.4, 0.5) is 11.4 Å². The van der Waals surface area contributed by atoms with Crippen LogP contribution in [0, 0.1) is 0 Å². The number of rotatable bonds is 8. The van der Waals surface area contributed by atoms with Crippen molar-refractivity contribution in [2.75, 3.05) is 43.4 Å². The van der Waals surface area contributed by atoms with Crippen molar-refractivity contribution in [2.24, 2.45) is 0 Å². The Kier molecular flexibility index (Phi) is 9.96. The third-order valence-electron chi connectivity index (χ3n) is 6.47. The van der Waals surface area contributed by atoms with Crippen molar-refractivity contribution in [2.45, 2.75) is 19.3 Å². The Hall–Kier alpha value is -2.84. The molecule has 0 unspecified atom stereocenters. The molecule has 3 aromatic carbocycles. The molecule has 0 bridgehead atoms. The van der Waals surface area contributed by atoms with E-state index in [-0.39, 0.29) is 53.5 Å². The minimum Gasteiger partial charge on any atom is -1.00 e. The van der Waals surface area contributed by atoms with Gasteiger partial charge in [0.2, 0.25) is 0 Å². The van der Waals surface area contributed by atoms with E-state index >= 15 is 0 Å². The van der Waals surface area contributed by atoms with Crippen molar-refractivity contribution in [1.29, 1.82) is 0 Å². The first-order valence-electron chi connectivity index (χ1n) is 11.9. The minimum atomic E-state index is -1.14. The van der Waals surface area contributed by atoms with E-state index in [9.17, 15) is 19.8 Å². The summed E-state index contributed by atoms with van der Waals surface area (Å²) in [6, 6.07) is 19.3. The number of likely N-dealkylation sites (N-methyl/N-ethyl adjacent to an activating group) is 1. The molecule has 0 aromatic heterocycles. The van der Waals surface area contributed by atoms with Gasteiger partial charge < -0.3 is 26.8 Å². The Morgan fingerprint density at radius 2 is 1.67 bits per heavy atom. The molecule has 1 fully saturated rings. The molecular formula is C28H32N3NaO4. The molecule has 0 atom stereocenters. The fraction of sp³-hybridized carbons (Fsp3) is 0.286. The number of carbonyl (C=O) groups is 2. The fourth-order valence-corrected chi connectivity index (χ4v) is 4.38. The second kappa shape index (κ2) is 12.9. The number of hydrogen-bond acceptors (Lipinski definition) is 5. The van der Waals surface area contributed by atoms with Crippen LogP contribution in [-0.2, 0) is 0 Å². The fourth-order valence-electron chi connectivity index (χ4n) is 4.38. The number of benzene rings is 3. The average molecular weight is 498 g/mol. The van der Waals surface area contributed by atoms with Crippen LogP contribution in [0.2, 0.25) is 0 Å². The predicted molar refractivity (Wildman–Crippen MR) is 140 cm³/mol. The first kappa shape index (κ1) is 27.7. The van der Waals surface area contributed by atoms with Gasteiger partial charge in [-0.05, 0) is 67.4 Å². The van der Waals surface area contributed by atoms with Crippen LogP contribution >= 0.6 is 0 Å². The molecule has 0 radical (unpaired) electrons. The van der Waals surface area contributed by atoms with Gasteiger partial charge in [-0.3, -0.25) is 4.79 Å². The largest absolute Gasteiger partial charge is 1.00 e. The normalized spacial score (nSPS) is 13.5. The number of nitrogens with zero attached hydrogens (tertiary/aromatic N) is 2. The van der Waals surface area contributed by atoms with E-state index in [0.717, 1.165) is 43.0 Å². The molecular weight excluding hydrogens is 465 g/mol. The van der Waals surface area contributed by atoms with E-state index in [0.29, 0.717) is 0 Å². The number of aromatic hydroxyl groups is 1. The molecule has 3 aromatic rings. The zero-order valence-electron chi connectivity index (χ0n) is 21.9. The van der Waals surface area contributed by atoms with Gasteiger partial charge in [-0.15, -0.1) is 0 Å². The third-order valence-corrected chi connectivity index (χ3v) is 6.47. The molecule has 184 valence electrons. The molecule has 0 saturated carbocycles. The van der Waals surface area contributed by atoms with Crippen molar-refractivity contribution < 1.29 is 50.8 Å². The van der Waals surface area contributed by atoms with Crippen molar-refractivity contribution in [3.8, 4) is 16.9 Å². The summed E-state index contributed by atoms with van der Waals surface area (Å²) in [6.45, 7) is 3.97. The predicted octanol–water partition coefficient (Wildman–Crippen LogP) is 2.05. The van der Waals surface area contributed by atoms with E-state index < -0.39 is 11.9 Å². The van der Waals surface area contributed by atoms with Gasteiger partial charge in [-0.25, -0.2) is 4.79 Å². The summed E-state index contributed by atoms with van der Waals surface area (Å²) in [5, 5.41) is 22.7. The Morgan fingerprint density at radius 3 is 2.36 bits per heavy atom. The summed E-state index contributed by atoms with van der Waals surface area (Å²) in [7, 11) is 1.96. The van der Waals surface area contributed by atoms with Crippen molar-refractivity contribution in [3.05, 3.63) is 77.9 Å². The SMILES string of the molecule is CN(CCN1CCCCC1)c1ccc(O)c(C(=O)Nc2cc(-c3ccccc3)ccc2C(=O)O)c1.[H-].[Na+]. The molecule has 0 spiro atoms. The van der Waals surface area contributed by atoms with E-state index in [2.05, 4.69) is 15.1 Å². The number of aromatic carboxylic acids is 1. The van der Waals surface area contributed by atoms with E-state index in [4.69, 9.17) is 0 Å². The number of carboxylic acid groups (broad SMARTS) is 1. The molecule has 1 aliphatic rings. The number of carboxylic acids is 1. The Labute approximate surface area is 235 Å². The maximum absolute atomic E-state index is 13.1. The van der Waals surface area contributed by atoms with Gasteiger partial charge in [0.15, 0.2) is 0 Å². The van der Waals surface area contributed by atoms with Crippen LogP contribution in [0.25, 0.3) is 11.1 Å². The number of piperidine rings is 1. The third kappa shape index (κ3) is 6.89. The molecule has 1 heterocycles. The number of anilines is 2. The second-order valence-corrected chi connectivity index (χ2v) is 8.91. The number of hydrogen-bond donors (Lipinski definition) is 3. The maximum atomic E-state index is 13.1. The number of phenols is 1. The monoisotopic (exact) mass is 497 g/mol. The van der Waals surface area contributed by atoms with Gasteiger partial charge in [0.05, 0.1) is 16.8 Å². The standard InChI is InChI=1S/C28H31N3O4.Na.H/c1-30(16-17-31-14-6-3-7-15-31)22-11-13-26(32)24(19-22)27(33)29-25-18-21(10-12-23(25)28(34)35)20-8-4-2-5-9-20;;/h2,4-5,8-13,18-19,32H,3,6-7,14-17H2,1H3,(H,29,33)(H,34,35);;/q;+1;-1. The average Bonchev–Trinajstić information content (AvgIpc) is 2.88. The number of likely N-dealkylation sites (tertiary alicyclic amines) is 1. The van der Waals surface area contributed by atoms with Crippen LogP contribution < -0.4 is 39.8 Å². The van der Waals surface area contributed by atoms with Gasteiger partial charge >= 0.3 is 35.5 Å². The number of nitrogens with one attached hydrogen (secondary N) is 1. The topological polar surface area (TPSA) is 93.1 Å². The summed E-state index contributed by atoms with van der Waals surface area (Å²) in [6.07, 6.45) is 3.76. The summed E-state index contributed by atoms with van der Waals surface area (Å²) in [4.78, 5) is 29.4. The molecule has 36 heavy (non-hydrogen) atoms. The van der Waals surface area contributed by atoms with Gasteiger partial charge in [0, 0.05) is 25.8 Å². The van der Waals surface area contributed by atoms with Crippen LogP contribution in [0.15, 0.2) is 66.7 Å². The molecule has 4 rings (SSSR count). The molecule has 8 heteroatoms. The van der Waals surface area contributed by atoms with Gasteiger partial charge in [0.25, 0.3) is 5.91 Å². The molecule has 7 nitrogen and oxygen atoms in total. The molecule has 1 saturated heterocycles. The van der Waals surface area contributed by atoms with E-state index in [1.807, 2.05) is 37.4 Å². The first-order chi connectivity index (χ1) is 16.9. The van der Waals surface area contributed by atoms with Gasteiger partial charge in [-0.1, -0.05) is 42.8 Å². The first-order valence-corrected chi connectivity index (χ1v) is 11.9. The van der Waals surface area contributed by atoms with Crippen LogP contribution in [-0.4, -0.2) is 60.2 Å². The Morgan fingerprint density at radius 1 is 0.944 bits per heavy atom. The Bertz CT molecular complexity index is 1200. The zero-order valence-corrected chi connectivity index (χ0v) is 22.9. The van der Waals surface area contributed by atoms with Crippen molar-refractivity contribution in [3.63, 3.8) is 0 Å². The van der Waals surface area contributed by atoms with E-state index in [1.54, 1.807) is 24.3 Å². The zero-order chi connectivity index (χ0) is 24.8.